The summed E-state index contributed by atoms with van der Waals surface area (Å²) in [5.41, 5.74) is 5.11. The van der Waals surface area contributed by atoms with Crippen LogP contribution < -0.4 is 11.4 Å². The first-order chi connectivity index (χ1) is 17.4. The summed E-state index contributed by atoms with van der Waals surface area (Å²) < 4.78 is 32.8. The number of aryl methyl sites for hydroxylation is 1. The molecule has 5 N–H and O–H groups in total. The topological polar surface area (TPSA) is 200 Å². The average molecular weight is 543 g/mol. The summed E-state index contributed by atoms with van der Waals surface area (Å²) in [6.45, 7) is 5.49. The predicted octanol–water partition coefficient (Wildman–Crippen LogP) is 0.451. The Labute approximate surface area is 213 Å². The van der Waals surface area contributed by atoms with E-state index < -0.39 is 48.8 Å². The first-order valence-electron chi connectivity index (χ1n) is 12.3. The maximum Gasteiger partial charge on any atom is 0.362 e. The van der Waals surface area contributed by atoms with Gasteiger partial charge >= 0.3 is 13.3 Å². The van der Waals surface area contributed by atoms with Gasteiger partial charge in [0.2, 0.25) is 0 Å². The summed E-state index contributed by atoms with van der Waals surface area (Å²) in [6, 6.07) is 0. The van der Waals surface area contributed by atoms with Gasteiger partial charge in [-0.05, 0) is 19.3 Å². The van der Waals surface area contributed by atoms with Crippen molar-refractivity contribution in [1.29, 1.82) is 0 Å². The molecule has 206 valence electrons. The minimum absolute atomic E-state index is 0.00266. The van der Waals surface area contributed by atoms with E-state index in [1.54, 1.807) is 34.0 Å². The van der Waals surface area contributed by atoms with Crippen molar-refractivity contribution in [2.45, 2.75) is 88.4 Å². The van der Waals surface area contributed by atoms with Crippen LogP contribution in [0.25, 0.3) is 0 Å². The van der Waals surface area contributed by atoms with E-state index in [9.17, 15) is 24.5 Å². The second kappa shape index (κ2) is 10.2. The summed E-state index contributed by atoms with van der Waals surface area (Å²) in [4.78, 5) is 27.3. The van der Waals surface area contributed by atoms with Crippen LogP contribution in [0.15, 0.2) is 17.2 Å². The maximum absolute atomic E-state index is 13.1. The van der Waals surface area contributed by atoms with Gasteiger partial charge in [0.1, 0.15) is 18.0 Å². The van der Waals surface area contributed by atoms with Crippen molar-refractivity contribution in [3.05, 3.63) is 34.1 Å². The van der Waals surface area contributed by atoms with Crippen LogP contribution in [-0.4, -0.2) is 75.5 Å². The molecule has 4 rings (SSSR count). The Morgan fingerprint density at radius 1 is 1.27 bits per heavy atom. The molecular weight excluding hydrogens is 507 g/mol. The number of nitrogen functional groups attached to an aromatic ring is 1. The number of aliphatic hydroxyl groups is 2. The van der Waals surface area contributed by atoms with Crippen LogP contribution in [-0.2, 0) is 32.0 Å². The van der Waals surface area contributed by atoms with E-state index in [2.05, 4.69) is 15.3 Å². The van der Waals surface area contributed by atoms with Crippen molar-refractivity contribution in [1.82, 2.24) is 24.5 Å². The Hall–Kier alpha value is -2.19. The number of ether oxygens (including phenoxy) is 2. The molecule has 37 heavy (non-hydrogen) atoms. The predicted molar refractivity (Wildman–Crippen MR) is 130 cm³/mol. The number of hydrogen-bond donors (Lipinski definition) is 4. The van der Waals surface area contributed by atoms with Crippen molar-refractivity contribution >= 4 is 13.4 Å². The van der Waals surface area contributed by atoms with Crippen LogP contribution in [0.2, 0.25) is 0 Å². The van der Waals surface area contributed by atoms with Crippen LogP contribution in [0, 0.1) is 0 Å². The van der Waals surface area contributed by atoms with Gasteiger partial charge in [-0.15, -0.1) is 5.10 Å². The number of nitrogens with zero attached hydrogens (tertiary/aromatic N) is 5. The number of anilines is 1. The molecule has 6 unspecified atom stereocenters. The largest absolute Gasteiger partial charge is 0.388 e. The van der Waals surface area contributed by atoms with Crippen molar-refractivity contribution < 1.29 is 33.7 Å². The highest BCUT2D eigenvalue weighted by atomic mass is 31.2. The van der Waals surface area contributed by atoms with Gasteiger partial charge in [0, 0.05) is 37.8 Å². The second-order valence-electron chi connectivity index (χ2n) is 9.74. The van der Waals surface area contributed by atoms with Crippen LogP contribution >= 0.6 is 7.60 Å². The number of aliphatic hydroxyl groups excluding tert-OH is 2. The molecule has 2 aromatic rings. The summed E-state index contributed by atoms with van der Waals surface area (Å²) >= 11 is 0. The van der Waals surface area contributed by atoms with Crippen molar-refractivity contribution in [3.63, 3.8) is 0 Å². The highest BCUT2D eigenvalue weighted by molar-refractivity contribution is 7.54. The third kappa shape index (κ3) is 5.24. The van der Waals surface area contributed by atoms with E-state index in [4.69, 9.17) is 19.7 Å². The lowest BCUT2D eigenvalue weighted by Gasteiger charge is -2.37. The highest BCUT2D eigenvalue weighted by Gasteiger charge is 2.62. The molecule has 0 radical (unpaired) electrons. The number of aromatic nitrogens is 5. The Morgan fingerprint density at radius 3 is 2.49 bits per heavy atom. The standard InChI is InChI=1S/C22H35N6O8P/c1-5-21(6-2,36-37(32,33)22(7-3)12-34-22)9-15-16(29)17(30)19(35-15)28-10-13(18(23)24-20(28)31)8-14-11-27(4)26-25-14/h10-11,15-17,19,29-30H,5-9,12H2,1-4H3,(H,32,33)(H2,23,24,31). The van der Waals surface area contributed by atoms with Crippen molar-refractivity contribution in [2.75, 3.05) is 12.3 Å². The van der Waals surface area contributed by atoms with Crippen LogP contribution in [0.5, 0.6) is 0 Å². The first-order valence-corrected chi connectivity index (χ1v) is 13.9. The van der Waals surface area contributed by atoms with Gasteiger partial charge in [-0.3, -0.25) is 18.3 Å². The third-order valence-corrected chi connectivity index (χ3v) is 9.66. The van der Waals surface area contributed by atoms with Gasteiger partial charge in [0.25, 0.3) is 0 Å². The monoisotopic (exact) mass is 542 g/mol. The Balaban J connectivity index is 1.57. The van der Waals surface area contributed by atoms with Crippen LogP contribution in [0.1, 0.15) is 63.9 Å². The van der Waals surface area contributed by atoms with Gasteiger partial charge in [0.05, 0.1) is 24.0 Å². The Bertz CT molecular complexity index is 1230. The van der Waals surface area contributed by atoms with Gasteiger partial charge in [0.15, 0.2) is 11.6 Å². The lowest BCUT2D eigenvalue weighted by atomic mass is 9.88. The molecule has 2 aromatic heterocycles. The molecule has 2 saturated heterocycles. The molecule has 0 aliphatic carbocycles. The van der Waals surface area contributed by atoms with E-state index >= 15 is 0 Å². The molecule has 2 aliphatic rings. The second-order valence-corrected chi connectivity index (χ2v) is 11.8. The third-order valence-electron chi connectivity index (χ3n) is 7.42. The van der Waals surface area contributed by atoms with Gasteiger partial charge < -0.3 is 30.3 Å². The highest BCUT2D eigenvalue weighted by Crippen LogP contribution is 2.67. The van der Waals surface area contributed by atoms with E-state index in [1.807, 2.05) is 0 Å². The molecule has 14 nitrogen and oxygen atoms in total. The smallest absolute Gasteiger partial charge is 0.362 e. The Kier molecular flexibility index (Phi) is 7.65. The normalized spacial score (nSPS) is 29.4. The zero-order valence-electron chi connectivity index (χ0n) is 21.4. The molecule has 0 aromatic carbocycles. The summed E-state index contributed by atoms with van der Waals surface area (Å²) in [6.07, 6.45) is -0.777. The maximum atomic E-state index is 13.1. The van der Waals surface area contributed by atoms with Crippen molar-refractivity contribution in [3.8, 4) is 0 Å². The van der Waals surface area contributed by atoms with Crippen molar-refractivity contribution in [2.24, 2.45) is 7.05 Å². The summed E-state index contributed by atoms with van der Waals surface area (Å²) in [7, 11) is -2.45. The number of rotatable bonds is 11. The SMILES string of the molecule is CCC(CC)(CC1OC(n2cc(Cc3cn(C)nn3)c(N)nc2=O)C(O)C1O)OP(=O)(O)C1(CC)CO1. The fraction of sp³-hybridized carbons (Fsp3) is 0.727. The van der Waals surface area contributed by atoms with E-state index in [-0.39, 0.29) is 25.3 Å². The van der Waals surface area contributed by atoms with Gasteiger partial charge in [-0.2, -0.15) is 4.98 Å². The lowest BCUT2D eigenvalue weighted by molar-refractivity contribution is -0.0745. The van der Waals surface area contributed by atoms with E-state index in [1.165, 1.54) is 10.9 Å². The molecule has 0 spiro atoms. The molecule has 0 saturated carbocycles. The molecule has 0 amide bonds. The van der Waals surface area contributed by atoms with Crippen LogP contribution in [0.3, 0.4) is 0 Å². The quantitative estimate of drug-likeness (QED) is 0.226. The number of epoxide rings is 1. The van der Waals surface area contributed by atoms with Gasteiger partial charge in [-0.25, -0.2) is 4.79 Å². The molecule has 6 atom stereocenters. The molecule has 15 heteroatoms. The molecular formula is C22H35N6O8P. The number of nitrogens with two attached hydrogens (primary N) is 1. The average Bonchev–Trinajstić information content (AvgIpc) is 3.51. The fourth-order valence-electron chi connectivity index (χ4n) is 4.71. The fourth-order valence-corrected chi connectivity index (χ4v) is 6.52. The van der Waals surface area contributed by atoms with E-state index in [0.717, 1.165) is 4.57 Å². The Morgan fingerprint density at radius 2 is 1.95 bits per heavy atom. The zero-order valence-corrected chi connectivity index (χ0v) is 22.2. The molecule has 4 heterocycles. The number of hydrogen-bond acceptors (Lipinski definition) is 11. The minimum Gasteiger partial charge on any atom is -0.388 e. The van der Waals surface area contributed by atoms with E-state index in [0.29, 0.717) is 30.5 Å². The van der Waals surface area contributed by atoms with Gasteiger partial charge in [-0.1, -0.05) is 26.0 Å². The molecule has 2 fully saturated rings. The van der Waals surface area contributed by atoms with Crippen LogP contribution in [0.4, 0.5) is 5.82 Å². The lowest BCUT2D eigenvalue weighted by Crippen LogP contribution is -2.41. The molecule has 0 bridgehead atoms. The summed E-state index contributed by atoms with van der Waals surface area (Å²) in [5.74, 6) is 0.00622. The first kappa shape index (κ1) is 27.8. The molecule has 2 aliphatic heterocycles. The minimum atomic E-state index is -4.17. The summed E-state index contributed by atoms with van der Waals surface area (Å²) in [5, 5.41) is 28.3. The zero-order chi connectivity index (χ0) is 27.2.